The number of aromatic amines is 1. The molecule has 1 saturated carbocycles. The molecule has 4 heterocycles. The Hall–Kier alpha value is -4.23. The number of thioether (sulfide) groups is 1. The topological polar surface area (TPSA) is 144 Å². The zero-order valence-electron chi connectivity index (χ0n) is 32.3. The SMILES string of the molecule is CSc1cc(C)[nH]c(=O)c1CNC(=O)c1cc(-c2ccc(N3CC(C)OC(C)C3)nc2)c2c(c1C)OC(C)(C1CCC(NC(=O)OC(C)(C)C)CC1)O2. The van der Waals surface area contributed by atoms with Gasteiger partial charge in [-0.1, -0.05) is 0 Å². The van der Waals surface area contributed by atoms with Gasteiger partial charge in [0.25, 0.3) is 17.3 Å². The van der Waals surface area contributed by atoms with Crippen molar-refractivity contribution >= 4 is 29.6 Å². The largest absolute Gasteiger partial charge is 0.448 e. The van der Waals surface area contributed by atoms with Crippen LogP contribution in [-0.2, 0) is 16.0 Å². The van der Waals surface area contributed by atoms with Crippen molar-refractivity contribution in [1.29, 1.82) is 0 Å². The molecule has 1 aromatic carbocycles. The molecule has 1 aliphatic carbocycles. The zero-order valence-corrected chi connectivity index (χ0v) is 33.1. The number of morpholine rings is 1. The molecule has 3 N–H and O–H groups in total. The Kier molecular flexibility index (Phi) is 11.1. The molecule has 2 fully saturated rings. The van der Waals surface area contributed by atoms with Crippen LogP contribution in [0.25, 0.3) is 11.1 Å². The van der Waals surface area contributed by atoms with Gasteiger partial charge in [-0.3, -0.25) is 9.59 Å². The first-order valence-corrected chi connectivity index (χ1v) is 19.7. The van der Waals surface area contributed by atoms with Crippen LogP contribution in [0.5, 0.6) is 11.5 Å². The third-order valence-electron chi connectivity index (χ3n) is 10.2. The van der Waals surface area contributed by atoms with E-state index >= 15 is 0 Å². The second-order valence-corrected chi connectivity index (χ2v) is 16.6. The highest BCUT2D eigenvalue weighted by atomic mass is 32.2. The molecule has 6 rings (SSSR count). The Balaban J connectivity index is 1.28. The van der Waals surface area contributed by atoms with Crippen molar-refractivity contribution in [3.05, 3.63) is 63.2 Å². The monoisotopic (exact) mass is 747 g/mol. The molecule has 0 spiro atoms. The number of fused-ring (bicyclic) bond motifs is 1. The quantitative estimate of drug-likeness (QED) is 0.209. The lowest BCUT2D eigenvalue weighted by Crippen LogP contribution is -2.48. The number of H-pyrrole nitrogens is 1. The van der Waals surface area contributed by atoms with Crippen LogP contribution >= 0.6 is 11.8 Å². The molecule has 2 amide bonds. The van der Waals surface area contributed by atoms with E-state index in [1.54, 1.807) is 0 Å². The second kappa shape index (κ2) is 15.3. The molecule has 3 aromatic rings. The van der Waals surface area contributed by atoms with Gasteiger partial charge in [0.05, 0.1) is 12.2 Å². The maximum absolute atomic E-state index is 14.0. The van der Waals surface area contributed by atoms with E-state index in [0.717, 1.165) is 60.7 Å². The number of ether oxygens (including phenoxy) is 4. The summed E-state index contributed by atoms with van der Waals surface area (Å²) < 4.78 is 25.0. The number of hydrogen-bond acceptors (Lipinski definition) is 10. The molecule has 3 unspecified atom stereocenters. The number of hydrogen-bond donors (Lipinski definition) is 3. The number of carbonyl (C=O) groups excluding carboxylic acids is 2. The van der Waals surface area contributed by atoms with Gasteiger partial charge in [0.1, 0.15) is 11.4 Å². The minimum absolute atomic E-state index is 0.00417. The van der Waals surface area contributed by atoms with Gasteiger partial charge in [-0.25, -0.2) is 9.78 Å². The molecule has 3 atom stereocenters. The first-order chi connectivity index (χ1) is 25.0. The lowest BCUT2D eigenvalue weighted by molar-refractivity contribution is -0.121. The van der Waals surface area contributed by atoms with E-state index in [4.69, 9.17) is 23.9 Å². The minimum Gasteiger partial charge on any atom is -0.448 e. The number of amides is 2. The second-order valence-electron chi connectivity index (χ2n) is 15.7. The van der Waals surface area contributed by atoms with Crippen LogP contribution < -0.4 is 30.6 Å². The van der Waals surface area contributed by atoms with Gasteiger partial charge in [0.15, 0.2) is 11.5 Å². The molecule has 0 bridgehead atoms. The van der Waals surface area contributed by atoms with Crippen molar-refractivity contribution in [3.8, 4) is 22.6 Å². The number of anilines is 1. The normalized spacial score (nSPS) is 24.1. The van der Waals surface area contributed by atoms with Crippen LogP contribution in [0.1, 0.15) is 94.4 Å². The highest BCUT2D eigenvalue weighted by molar-refractivity contribution is 7.98. The van der Waals surface area contributed by atoms with E-state index < -0.39 is 17.5 Å². The summed E-state index contributed by atoms with van der Waals surface area (Å²) >= 11 is 1.47. The van der Waals surface area contributed by atoms with Crippen LogP contribution in [-0.4, -0.2) is 71.0 Å². The number of aromatic nitrogens is 2. The van der Waals surface area contributed by atoms with E-state index in [2.05, 4.69) is 34.4 Å². The molecular formula is C40H53N5O7S. The Morgan fingerprint density at radius 1 is 1.06 bits per heavy atom. The number of carbonyl (C=O) groups is 2. The van der Waals surface area contributed by atoms with Crippen molar-refractivity contribution in [2.24, 2.45) is 5.92 Å². The molecule has 286 valence electrons. The summed E-state index contributed by atoms with van der Waals surface area (Å²) in [5.41, 5.74) is 3.03. The average Bonchev–Trinajstić information content (AvgIpc) is 3.45. The lowest BCUT2D eigenvalue weighted by Gasteiger charge is -2.37. The van der Waals surface area contributed by atoms with Gasteiger partial charge in [-0.2, -0.15) is 0 Å². The summed E-state index contributed by atoms with van der Waals surface area (Å²) in [6.07, 6.45) is 6.54. The standard InChI is InChI=1S/C40H53N5O7S/c1-22-16-32(53-9)31(37(47)43-22)19-42-36(46)29-17-30(26-10-15-33(41-18-26)45-20-23(2)49-24(3)21-45)35-34(25(29)4)50-40(8,51-35)27-11-13-28(14-12-27)44-38(48)52-39(5,6)7/h10,15-18,23-24,27-28H,11-14,19-21H2,1-9H3,(H,42,46)(H,43,47)(H,44,48). The predicted molar refractivity (Wildman–Crippen MR) is 206 cm³/mol. The van der Waals surface area contributed by atoms with Crippen LogP contribution in [0, 0.1) is 19.8 Å². The molecule has 53 heavy (non-hydrogen) atoms. The fourth-order valence-corrected chi connectivity index (χ4v) is 8.34. The van der Waals surface area contributed by atoms with Crippen molar-refractivity contribution in [2.45, 2.75) is 122 Å². The summed E-state index contributed by atoms with van der Waals surface area (Å²) in [6.45, 7) is 16.9. The van der Waals surface area contributed by atoms with Crippen LogP contribution in [0.4, 0.5) is 10.6 Å². The van der Waals surface area contributed by atoms with Gasteiger partial charge < -0.3 is 39.5 Å². The number of alkyl carbamates (subject to hydrolysis) is 1. The number of nitrogens with one attached hydrogen (secondary N) is 3. The summed E-state index contributed by atoms with van der Waals surface area (Å²) in [5.74, 6) is 0.638. The fraction of sp³-hybridized carbons (Fsp3) is 0.550. The van der Waals surface area contributed by atoms with Crippen LogP contribution in [0.15, 0.2) is 40.2 Å². The average molecular weight is 748 g/mol. The van der Waals surface area contributed by atoms with Crippen LogP contribution in [0.3, 0.4) is 0 Å². The number of rotatable bonds is 8. The van der Waals surface area contributed by atoms with Gasteiger partial charge in [0.2, 0.25) is 0 Å². The summed E-state index contributed by atoms with van der Waals surface area (Å²) in [4.78, 5) is 50.0. The van der Waals surface area contributed by atoms with Crippen molar-refractivity contribution < 1.29 is 28.5 Å². The molecule has 12 nitrogen and oxygen atoms in total. The minimum atomic E-state index is -0.996. The Morgan fingerprint density at radius 2 is 1.74 bits per heavy atom. The zero-order chi connectivity index (χ0) is 38.2. The summed E-state index contributed by atoms with van der Waals surface area (Å²) in [6, 6.07) is 7.74. The first kappa shape index (κ1) is 38.5. The smallest absolute Gasteiger partial charge is 0.407 e. The van der Waals surface area contributed by atoms with Gasteiger partial charge in [-0.15, -0.1) is 11.8 Å². The molecule has 1 saturated heterocycles. The highest BCUT2D eigenvalue weighted by Crippen LogP contribution is 2.53. The first-order valence-electron chi connectivity index (χ1n) is 18.5. The maximum atomic E-state index is 14.0. The van der Waals surface area contributed by atoms with Gasteiger partial charge in [0, 0.05) is 83.1 Å². The fourth-order valence-electron chi connectivity index (χ4n) is 7.63. The van der Waals surface area contributed by atoms with E-state index in [1.165, 1.54) is 11.8 Å². The Bertz CT molecular complexity index is 1890. The van der Waals surface area contributed by atoms with Gasteiger partial charge in [-0.05, 0) is 105 Å². The van der Waals surface area contributed by atoms with Crippen molar-refractivity contribution in [1.82, 2.24) is 20.6 Å². The van der Waals surface area contributed by atoms with E-state index in [-0.39, 0.29) is 42.2 Å². The lowest BCUT2D eigenvalue weighted by atomic mass is 9.81. The van der Waals surface area contributed by atoms with E-state index in [9.17, 15) is 14.4 Å². The van der Waals surface area contributed by atoms with E-state index in [1.807, 2.05) is 78.3 Å². The number of pyridine rings is 2. The molecule has 2 aliphatic heterocycles. The third kappa shape index (κ3) is 8.62. The third-order valence-corrected chi connectivity index (χ3v) is 11.0. The Labute approximate surface area is 316 Å². The number of nitrogens with zero attached hydrogens (tertiary/aromatic N) is 2. The molecular weight excluding hydrogens is 695 g/mol. The van der Waals surface area contributed by atoms with Crippen molar-refractivity contribution in [2.75, 3.05) is 24.2 Å². The summed E-state index contributed by atoms with van der Waals surface area (Å²) in [7, 11) is 0. The molecule has 13 heteroatoms. The van der Waals surface area contributed by atoms with Gasteiger partial charge >= 0.3 is 6.09 Å². The van der Waals surface area contributed by atoms with Crippen molar-refractivity contribution in [3.63, 3.8) is 0 Å². The highest BCUT2D eigenvalue weighted by Gasteiger charge is 2.48. The Morgan fingerprint density at radius 3 is 2.36 bits per heavy atom. The van der Waals surface area contributed by atoms with Crippen LogP contribution in [0.2, 0.25) is 0 Å². The molecule has 2 aromatic heterocycles. The maximum Gasteiger partial charge on any atom is 0.407 e. The summed E-state index contributed by atoms with van der Waals surface area (Å²) in [5, 5.41) is 6.01. The van der Waals surface area contributed by atoms with E-state index in [0.29, 0.717) is 33.8 Å². The number of aryl methyl sites for hydroxylation is 1. The molecule has 0 radical (unpaired) electrons. The predicted octanol–water partition coefficient (Wildman–Crippen LogP) is 6.89. The molecule has 3 aliphatic rings. The number of benzene rings is 1.